The van der Waals surface area contributed by atoms with Crippen LogP contribution in [0.3, 0.4) is 0 Å². The van der Waals surface area contributed by atoms with E-state index < -0.39 is 0 Å². The summed E-state index contributed by atoms with van der Waals surface area (Å²) < 4.78 is 5.46. The van der Waals surface area contributed by atoms with E-state index in [0.29, 0.717) is 6.04 Å². The second-order valence-electron chi connectivity index (χ2n) is 7.03. The SMILES string of the molecule is Cc1cc([C@@H]2CCCN2Cc2cc(C(C)(C)C)n[nH]2)on1. The molecule has 1 N–H and O–H groups in total. The van der Waals surface area contributed by atoms with Crippen LogP contribution >= 0.6 is 0 Å². The summed E-state index contributed by atoms with van der Waals surface area (Å²) >= 11 is 0. The first-order valence-corrected chi connectivity index (χ1v) is 7.65. The van der Waals surface area contributed by atoms with Crippen LogP contribution in [-0.4, -0.2) is 26.8 Å². The third-order valence-electron chi connectivity index (χ3n) is 4.11. The maximum atomic E-state index is 5.46. The number of nitrogens with one attached hydrogen (secondary N) is 1. The predicted molar refractivity (Wildman–Crippen MR) is 80.9 cm³/mol. The van der Waals surface area contributed by atoms with Crippen LogP contribution in [0.2, 0.25) is 0 Å². The topological polar surface area (TPSA) is 58.0 Å². The fraction of sp³-hybridized carbons (Fsp3) is 0.625. The number of hydrogen-bond donors (Lipinski definition) is 1. The molecule has 0 amide bonds. The molecule has 0 unspecified atom stereocenters. The molecule has 1 aliphatic rings. The van der Waals surface area contributed by atoms with Gasteiger partial charge in [0.25, 0.3) is 0 Å². The first kappa shape index (κ1) is 14.3. The van der Waals surface area contributed by atoms with Crippen molar-refractivity contribution in [3.05, 3.63) is 35.0 Å². The van der Waals surface area contributed by atoms with Gasteiger partial charge in [0, 0.05) is 23.7 Å². The molecule has 3 heterocycles. The van der Waals surface area contributed by atoms with Crippen molar-refractivity contribution in [2.45, 2.75) is 58.5 Å². The average Bonchev–Trinajstić information content (AvgIpc) is 3.08. The van der Waals surface area contributed by atoms with Gasteiger partial charge < -0.3 is 4.52 Å². The monoisotopic (exact) mass is 288 g/mol. The van der Waals surface area contributed by atoms with Crippen molar-refractivity contribution in [3.63, 3.8) is 0 Å². The van der Waals surface area contributed by atoms with E-state index in [9.17, 15) is 0 Å². The van der Waals surface area contributed by atoms with Gasteiger partial charge in [-0.05, 0) is 32.4 Å². The van der Waals surface area contributed by atoms with Gasteiger partial charge >= 0.3 is 0 Å². The van der Waals surface area contributed by atoms with Crippen molar-refractivity contribution in [2.75, 3.05) is 6.54 Å². The van der Waals surface area contributed by atoms with Crippen LogP contribution < -0.4 is 0 Å². The number of rotatable bonds is 3. The van der Waals surface area contributed by atoms with E-state index >= 15 is 0 Å². The zero-order valence-corrected chi connectivity index (χ0v) is 13.3. The highest BCUT2D eigenvalue weighted by molar-refractivity contribution is 5.17. The van der Waals surface area contributed by atoms with Gasteiger partial charge in [-0.3, -0.25) is 10.00 Å². The van der Waals surface area contributed by atoms with Gasteiger partial charge in [0.05, 0.1) is 17.4 Å². The molecule has 0 radical (unpaired) electrons. The summed E-state index contributed by atoms with van der Waals surface area (Å²) in [5, 5.41) is 11.6. The van der Waals surface area contributed by atoms with Gasteiger partial charge in [0.1, 0.15) is 0 Å². The van der Waals surface area contributed by atoms with Crippen LogP contribution in [0.15, 0.2) is 16.7 Å². The number of nitrogens with zero attached hydrogens (tertiary/aromatic N) is 3. The third-order valence-corrected chi connectivity index (χ3v) is 4.11. The summed E-state index contributed by atoms with van der Waals surface area (Å²) in [6, 6.07) is 4.57. The minimum Gasteiger partial charge on any atom is -0.359 e. The predicted octanol–water partition coefficient (Wildman–Crippen LogP) is 3.34. The van der Waals surface area contributed by atoms with Gasteiger partial charge in [-0.25, -0.2) is 0 Å². The molecule has 5 heteroatoms. The Morgan fingerprint density at radius 1 is 1.38 bits per heavy atom. The normalized spacial score (nSPS) is 20.3. The highest BCUT2D eigenvalue weighted by Gasteiger charge is 2.29. The lowest BCUT2D eigenvalue weighted by Crippen LogP contribution is -2.22. The molecule has 1 atom stereocenters. The zero-order chi connectivity index (χ0) is 15.0. The quantitative estimate of drug-likeness (QED) is 0.941. The van der Waals surface area contributed by atoms with Crippen LogP contribution in [0.5, 0.6) is 0 Å². The van der Waals surface area contributed by atoms with Crippen molar-refractivity contribution >= 4 is 0 Å². The summed E-state index contributed by atoms with van der Waals surface area (Å²) in [4.78, 5) is 2.44. The molecule has 2 aromatic rings. The molecule has 1 aliphatic heterocycles. The number of aromatic nitrogens is 3. The molecule has 3 rings (SSSR count). The van der Waals surface area contributed by atoms with E-state index in [1.54, 1.807) is 0 Å². The van der Waals surface area contributed by atoms with E-state index in [0.717, 1.165) is 36.7 Å². The number of hydrogen-bond acceptors (Lipinski definition) is 4. The summed E-state index contributed by atoms with van der Waals surface area (Å²) in [6.07, 6.45) is 2.33. The maximum absolute atomic E-state index is 5.46. The highest BCUT2D eigenvalue weighted by atomic mass is 16.5. The number of aromatic amines is 1. The molecule has 0 bridgehead atoms. The molecule has 1 fully saturated rings. The highest BCUT2D eigenvalue weighted by Crippen LogP contribution is 2.33. The van der Waals surface area contributed by atoms with Crippen molar-refractivity contribution in [1.29, 1.82) is 0 Å². The largest absolute Gasteiger partial charge is 0.359 e. The molecule has 0 aromatic carbocycles. The minimum absolute atomic E-state index is 0.0845. The lowest BCUT2D eigenvalue weighted by atomic mass is 9.92. The molecule has 0 spiro atoms. The van der Waals surface area contributed by atoms with Crippen LogP contribution in [0, 0.1) is 6.92 Å². The molecule has 114 valence electrons. The van der Waals surface area contributed by atoms with Crippen molar-refractivity contribution < 1.29 is 4.52 Å². The van der Waals surface area contributed by atoms with E-state index in [1.165, 1.54) is 12.1 Å². The Bertz CT molecular complexity index is 608. The zero-order valence-electron chi connectivity index (χ0n) is 13.3. The summed E-state index contributed by atoms with van der Waals surface area (Å²) in [7, 11) is 0. The van der Waals surface area contributed by atoms with Gasteiger partial charge in [-0.15, -0.1) is 0 Å². The Labute approximate surface area is 125 Å². The molecule has 5 nitrogen and oxygen atoms in total. The van der Waals surface area contributed by atoms with Crippen LogP contribution in [0.1, 0.15) is 62.5 Å². The standard InChI is InChI=1S/C16H24N4O/c1-11-8-14(21-19-11)13-6-5-7-20(13)10-12-9-15(18-17-12)16(2,3)4/h8-9,13H,5-7,10H2,1-4H3,(H,17,18)/t13-/m0/s1. The van der Waals surface area contributed by atoms with E-state index in [1.807, 2.05) is 6.92 Å². The third kappa shape index (κ3) is 3.02. The Kier molecular flexibility index (Phi) is 3.61. The van der Waals surface area contributed by atoms with E-state index in [2.05, 4.69) is 53.2 Å². The molecular weight excluding hydrogens is 264 g/mol. The Morgan fingerprint density at radius 2 is 2.19 bits per heavy atom. The molecular formula is C16H24N4O. The van der Waals surface area contributed by atoms with Crippen molar-refractivity contribution in [3.8, 4) is 0 Å². The summed E-state index contributed by atoms with van der Waals surface area (Å²) in [6.45, 7) is 10.5. The number of likely N-dealkylation sites (tertiary alicyclic amines) is 1. The van der Waals surface area contributed by atoms with Gasteiger partial charge in [-0.2, -0.15) is 5.10 Å². The second-order valence-corrected chi connectivity index (χ2v) is 7.03. The molecule has 0 saturated carbocycles. The fourth-order valence-electron chi connectivity index (χ4n) is 2.92. The number of aryl methyl sites for hydroxylation is 1. The Balaban J connectivity index is 1.73. The van der Waals surface area contributed by atoms with Gasteiger partial charge in [-0.1, -0.05) is 25.9 Å². The van der Waals surface area contributed by atoms with Crippen molar-refractivity contribution in [2.24, 2.45) is 0 Å². The molecule has 1 saturated heterocycles. The molecule has 0 aliphatic carbocycles. The lowest BCUT2D eigenvalue weighted by Gasteiger charge is -2.21. The Hall–Kier alpha value is -1.62. The fourth-order valence-corrected chi connectivity index (χ4v) is 2.92. The average molecular weight is 288 g/mol. The lowest BCUT2D eigenvalue weighted by molar-refractivity contribution is 0.204. The number of H-pyrrole nitrogens is 1. The first-order chi connectivity index (χ1) is 9.93. The van der Waals surface area contributed by atoms with Gasteiger partial charge in [0.15, 0.2) is 5.76 Å². The van der Waals surface area contributed by atoms with Crippen LogP contribution in [0.25, 0.3) is 0 Å². The van der Waals surface area contributed by atoms with Crippen LogP contribution in [0.4, 0.5) is 0 Å². The van der Waals surface area contributed by atoms with E-state index in [-0.39, 0.29) is 5.41 Å². The summed E-state index contributed by atoms with van der Waals surface area (Å²) in [5.74, 6) is 0.987. The second kappa shape index (κ2) is 5.30. The van der Waals surface area contributed by atoms with Gasteiger partial charge in [0.2, 0.25) is 0 Å². The molecule has 2 aromatic heterocycles. The van der Waals surface area contributed by atoms with Crippen molar-refractivity contribution in [1.82, 2.24) is 20.3 Å². The maximum Gasteiger partial charge on any atom is 0.154 e. The van der Waals surface area contributed by atoms with Crippen LogP contribution in [-0.2, 0) is 12.0 Å². The Morgan fingerprint density at radius 3 is 2.81 bits per heavy atom. The first-order valence-electron chi connectivity index (χ1n) is 7.65. The summed E-state index contributed by atoms with van der Waals surface area (Å²) in [5.41, 5.74) is 3.32. The molecule has 21 heavy (non-hydrogen) atoms. The minimum atomic E-state index is 0.0845. The smallest absolute Gasteiger partial charge is 0.154 e. The van der Waals surface area contributed by atoms with E-state index in [4.69, 9.17) is 4.52 Å².